The van der Waals surface area contributed by atoms with Crippen molar-refractivity contribution in [1.82, 2.24) is 48.6 Å². The van der Waals surface area contributed by atoms with Gasteiger partial charge in [0.05, 0.1) is 96.6 Å². The van der Waals surface area contributed by atoms with E-state index in [1.54, 1.807) is 39.5 Å². The summed E-state index contributed by atoms with van der Waals surface area (Å²) in [5.41, 5.74) is 4.76. The number of hydrogen-bond acceptors (Lipinski definition) is 8. The highest BCUT2D eigenvalue weighted by molar-refractivity contribution is 6.27. The van der Waals surface area contributed by atoms with Crippen LogP contribution >= 0.6 is 0 Å². The zero-order chi connectivity index (χ0) is 96.4. The van der Waals surface area contributed by atoms with E-state index in [2.05, 4.69) is 47.0 Å². The van der Waals surface area contributed by atoms with Crippen LogP contribution in [-0.4, -0.2) is 48.6 Å². The van der Waals surface area contributed by atoms with Crippen LogP contribution in [0.15, 0.2) is 339 Å². The van der Waals surface area contributed by atoms with Crippen molar-refractivity contribution in [3.8, 4) is 97.5 Å². The molecule has 20 aromatic rings. The number of nitrogens with one attached hydrogen (secondary N) is 1. The van der Waals surface area contributed by atoms with Crippen LogP contribution < -0.4 is 0 Å². The lowest BCUT2D eigenvalue weighted by Gasteiger charge is -2.13. The van der Waals surface area contributed by atoms with E-state index < -0.39 is 196 Å². The Bertz CT molecular complexity index is 8430. The van der Waals surface area contributed by atoms with Gasteiger partial charge in [0.2, 0.25) is 0 Å². The van der Waals surface area contributed by atoms with E-state index in [1.807, 2.05) is 108 Å². The fourth-order valence-corrected chi connectivity index (χ4v) is 12.9. The van der Waals surface area contributed by atoms with Gasteiger partial charge < -0.3 is 18.7 Å². The van der Waals surface area contributed by atoms with Gasteiger partial charge in [-0.05, 0) is 97.0 Å². The van der Waals surface area contributed by atoms with Crippen LogP contribution in [0.1, 0.15) is 52.2 Å². The van der Waals surface area contributed by atoms with Crippen LogP contribution in [0.25, 0.3) is 173 Å². The van der Waals surface area contributed by atoms with E-state index >= 15 is 0 Å². The number of aromatic nitrogens is 10. The molecule has 1 N–H and O–H groups in total. The SMILES string of the molecule is [2H]c1c([2H])c([2H])c(-c2nc(-c3ccc(-n4c5ccccc5c5ccc6c(c7ccccc7n6-c6c([2H])c([2H])c([2H])c([2H])c6[2H])c54)c(C#N)c3)nc(-c3c([2H])c([2H])c([2H])c([2H])c3[2H])n2)c([2H])c1[2H].[2H]c1c([2H])c([2H])c(-c2nc(-c3ccc(F)c(C#N)c3)nc(-c3c([2H])c([2H])c([2H])c([2H])c3[2H])n2)c([2H])c1[2H].[2H]c1c([2H])c([2H])c(-n2c3ccccc3c3c4[nH]c5ccccc5c4ccc32)c([2H])c1[2H]. The Morgan fingerprint density at radius 1 is 0.314 bits per heavy atom. The first-order valence-corrected chi connectivity index (χ1v) is 31.9. The number of aromatic amines is 1. The molecule has 12 nitrogen and oxygen atoms in total. The highest BCUT2D eigenvalue weighted by Crippen LogP contribution is 2.44. The number of para-hydroxylation sites is 6. The predicted octanol–water partition coefficient (Wildman–Crippen LogP) is 22.2. The number of H-pyrrole nitrogens is 1. The lowest BCUT2D eigenvalue weighted by molar-refractivity contribution is 0.624. The molecule has 0 aliphatic carbocycles. The molecule has 492 valence electrons. The number of nitriles is 2. The summed E-state index contributed by atoms with van der Waals surface area (Å²) < 4.78 is 268. The minimum atomic E-state index is -0.822. The summed E-state index contributed by atoms with van der Waals surface area (Å²) in [4.78, 5) is 29.4. The summed E-state index contributed by atoms with van der Waals surface area (Å²) in [6, 6.07) is 33.3. The molecule has 6 aromatic heterocycles. The Morgan fingerprint density at radius 2 is 0.686 bits per heavy atom. The largest absolute Gasteiger partial charge is 0.354 e. The zero-order valence-electron chi connectivity index (χ0n) is 83.8. The lowest BCUT2D eigenvalue weighted by Crippen LogP contribution is -2.02. The highest BCUT2D eigenvalue weighted by atomic mass is 19.1. The fraction of sp³-hybridized carbons (Fsp3) is 0. The molecule has 0 saturated heterocycles. The molecule has 14 aromatic carbocycles. The van der Waals surface area contributed by atoms with Gasteiger partial charge in [-0.2, -0.15) is 10.5 Å². The summed E-state index contributed by atoms with van der Waals surface area (Å²) in [5, 5.41) is 27.3. The van der Waals surface area contributed by atoms with Crippen LogP contribution in [0.4, 0.5) is 4.39 Å². The molecular weight excluding hydrogens is 1290 g/mol. The van der Waals surface area contributed by atoms with Gasteiger partial charge in [0.15, 0.2) is 34.9 Å². The third-order valence-electron chi connectivity index (χ3n) is 17.3. The maximum Gasteiger partial charge on any atom is 0.164 e. The molecule has 0 fully saturated rings. The minimum absolute atomic E-state index is 0.0374. The molecular formula is C92H57FN12. The van der Waals surface area contributed by atoms with Gasteiger partial charge in [-0.3, -0.25) is 0 Å². The van der Waals surface area contributed by atoms with Crippen molar-refractivity contribution in [3.05, 3.63) is 356 Å². The summed E-state index contributed by atoms with van der Waals surface area (Å²) in [5.74, 6) is -3.10. The second kappa shape index (κ2) is 26.7. The van der Waals surface area contributed by atoms with E-state index in [9.17, 15) is 14.9 Å². The van der Waals surface area contributed by atoms with E-state index in [1.165, 1.54) is 12.1 Å². The van der Waals surface area contributed by atoms with Gasteiger partial charge in [-0.1, -0.05) is 242 Å². The molecule has 0 aliphatic heterocycles. The van der Waals surface area contributed by atoms with Crippen molar-refractivity contribution in [2.75, 3.05) is 0 Å². The first-order valence-electron chi connectivity index (χ1n) is 46.9. The molecule has 0 spiro atoms. The molecule has 0 unspecified atom stereocenters. The van der Waals surface area contributed by atoms with Gasteiger partial charge in [-0.15, -0.1) is 0 Å². The standard InChI is InChI=1S/C46H28N6.C24H16N2.C22H13FN4/c47-29-33-28-32(46-49-44(30-14-4-1-5-15-30)48-45(50-46)31-16-6-2-7-17-31)24-26-38(33)52-39-22-12-10-20-35(39)36-25-27-41-42(43(36)52)37-21-11-13-23-40(37)51(41)34-18-8-3-9-19-34;1-2-8-16(9-3-1)26-21-13-7-5-11-19(21)23-22(26)15-14-18-17-10-4-6-12-20(17)25-24(18)23;23-19-12-11-17(13-18(19)14-24)22-26-20(15-7-3-1-4-8-15)25-21(27-22)16-9-5-2-6-10-16/h1-28H;1-15,25H;1-13H/i1D,2D,3D,4D,5D,6D,7D,8D,9D,14D,15D,16D,17D,18D,19D;1D,2D,3D,8D,9D;1D,2D,3D,4D,5D,6D,7D,8D,9D,10D. The maximum absolute atomic E-state index is 13.9. The van der Waals surface area contributed by atoms with Gasteiger partial charge in [0.1, 0.15) is 18.0 Å². The van der Waals surface area contributed by atoms with E-state index in [0.717, 1.165) is 66.5 Å². The van der Waals surface area contributed by atoms with Crippen molar-refractivity contribution in [2.45, 2.75) is 0 Å². The van der Waals surface area contributed by atoms with Crippen LogP contribution in [0, 0.1) is 28.5 Å². The summed E-state index contributed by atoms with van der Waals surface area (Å²) in [6.07, 6.45) is 0. The quantitative estimate of drug-likeness (QED) is 0.150. The van der Waals surface area contributed by atoms with Gasteiger partial charge in [-0.25, -0.2) is 34.3 Å². The molecule has 0 amide bonds. The Hall–Kier alpha value is -14.8. The second-order valence-electron chi connectivity index (χ2n) is 23.2. The summed E-state index contributed by atoms with van der Waals surface area (Å²) >= 11 is 0. The maximum atomic E-state index is 13.9. The van der Waals surface area contributed by atoms with Gasteiger partial charge in [0, 0.05) is 93.4 Å². The Kier molecular flexibility index (Phi) is 9.70. The smallest absolute Gasteiger partial charge is 0.164 e. The van der Waals surface area contributed by atoms with Crippen LogP contribution in [0.2, 0.25) is 0 Å². The minimum Gasteiger partial charge on any atom is -0.354 e. The average Bonchev–Trinajstić information content (AvgIpc) is 1.55. The number of benzene rings is 14. The Labute approximate surface area is 643 Å². The van der Waals surface area contributed by atoms with Crippen LogP contribution in [0.3, 0.4) is 0 Å². The predicted molar refractivity (Wildman–Crippen MR) is 420 cm³/mol. The molecule has 0 radical (unpaired) electrons. The average molecular weight is 1380 g/mol. The second-order valence-corrected chi connectivity index (χ2v) is 23.2. The number of fused-ring (bicyclic) bond motifs is 14. The molecule has 13 heteroatoms. The van der Waals surface area contributed by atoms with Crippen LogP contribution in [-0.2, 0) is 0 Å². The molecule has 0 saturated carbocycles. The third-order valence-corrected chi connectivity index (χ3v) is 17.3. The zero-order valence-corrected chi connectivity index (χ0v) is 53.8. The molecule has 105 heavy (non-hydrogen) atoms. The van der Waals surface area contributed by atoms with Gasteiger partial charge in [0.25, 0.3) is 0 Å². The van der Waals surface area contributed by atoms with Crippen molar-refractivity contribution in [3.63, 3.8) is 0 Å². The molecule has 20 rings (SSSR count). The number of halogens is 1. The lowest BCUT2D eigenvalue weighted by atomic mass is 10.1. The van der Waals surface area contributed by atoms with Crippen molar-refractivity contribution in [2.24, 2.45) is 0 Å². The van der Waals surface area contributed by atoms with E-state index in [0.29, 0.717) is 38.5 Å². The molecule has 0 bridgehead atoms. The normalized spacial score (nSPS) is 15.3. The third kappa shape index (κ3) is 11.3. The number of hydrogen-bond donors (Lipinski definition) is 1. The van der Waals surface area contributed by atoms with Gasteiger partial charge >= 0.3 is 0 Å². The van der Waals surface area contributed by atoms with Crippen LogP contribution in [0.5, 0.6) is 0 Å². The highest BCUT2D eigenvalue weighted by Gasteiger charge is 2.24. The Balaban J connectivity index is 0.000000150. The van der Waals surface area contributed by atoms with Crippen molar-refractivity contribution >= 4 is 87.2 Å². The topological polar surface area (TPSA) is 156 Å². The molecule has 0 aliphatic rings. The molecule has 6 heterocycles. The van der Waals surface area contributed by atoms with Crippen molar-refractivity contribution < 1.29 is 45.5 Å². The first-order chi connectivity index (χ1) is 64.3. The van der Waals surface area contributed by atoms with E-state index in [-0.39, 0.29) is 81.5 Å². The monoisotopic (exact) mass is 1380 g/mol. The summed E-state index contributed by atoms with van der Waals surface area (Å²) in [7, 11) is 0. The molecule has 0 atom stereocenters. The fourth-order valence-electron chi connectivity index (χ4n) is 12.9. The first kappa shape index (κ1) is 38.1. The Morgan fingerprint density at radius 3 is 1.16 bits per heavy atom. The number of rotatable bonds is 9. The van der Waals surface area contributed by atoms with Crippen molar-refractivity contribution in [1.29, 1.82) is 10.5 Å². The van der Waals surface area contributed by atoms with E-state index in [4.69, 9.17) is 41.1 Å². The number of nitrogens with zero attached hydrogens (tertiary/aromatic N) is 11. The summed E-state index contributed by atoms with van der Waals surface area (Å²) in [6.45, 7) is 0.